The number of nitrogens with one attached hydrogen (secondary N) is 1. The second kappa shape index (κ2) is 6.00. The number of aromatic nitrogens is 1. The predicted octanol–water partition coefficient (Wildman–Crippen LogP) is 1.71. The molecule has 0 saturated heterocycles. The summed E-state index contributed by atoms with van der Waals surface area (Å²) in [5.41, 5.74) is 3.03. The van der Waals surface area contributed by atoms with Gasteiger partial charge >= 0.3 is 0 Å². The third-order valence-electron chi connectivity index (χ3n) is 2.74. The summed E-state index contributed by atoms with van der Waals surface area (Å²) in [6.07, 6.45) is 6.97. The van der Waals surface area contributed by atoms with Crippen LogP contribution in [0.3, 0.4) is 0 Å². The maximum atomic E-state index is 8.88. The molecule has 1 aromatic heterocycles. The molecular weight excluding hydrogens is 198 g/mol. The van der Waals surface area contributed by atoms with E-state index in [1.54, 1.807) is 0 Å². The Bertz CT molecular complexity index is 429. The van der Waals surface area contributed by atoms with E-state index in [9.17, 15) is 0 Å². The molecular formula is C13H17N3. The molecule has 1 N–H and O–H groups in total. The minimum atomic E-state index is 0.706. The highest BCUT2D eigenvalue weighted by atomic mass is 15.0. The summed E-state index contributed by atoms with van der Waals surface area (Å²) in [6, 6.07) is 4.11. The highest BCUT2D eigenvalue weighted by Crippen LogP contribution is 2.12. The van der Waals surface area contributed by atoms with Gasteiger partial charge in [-0.1, -0.05) is 0 Å². The number of hydrogen-bond acceptors (Lipinski definition) is 2. The summed E-state index contributed by atoms with van der Waals surface area (Å²) in [5.74, 6) is 2.61. The Hall–Kier alpha value is -1.71. The van der Waals surface area contributed by atoms with Crippen LogP contribution in [0.25, 0.3) is 0 Å². The van der Waals surface area contributed by atoms with Crippen LogP contribution in [0.15, 0.2) is 6.07 Å². The van der Waals surface area contributed by atoms with E-state index in [2.05, 4.69) is 17.3 Å². The van der Waals surface area contributed by atoms with Gasteiger partial charge in [-0.25, -0.2) is 0 Å². The Morgan fingerprint density at radius 2 is 2.31 bits per heavy atom. The fraction of sp³-hybridized carbons (Fsp3) is 0.462. The Morgan fingerprint density at radius 3 is 2.88 bits per heavy atom. The first-order valence-electron chi connectivity index (χ1n) is 5.40. The molecule has 3 nitrogen and oxygen atoms in total. The van der Waals surface area contributed by atoms with Crippen molar-refractivity contribution in [3.8, 4) is 18.4 Å². The molecule has 84 valence electrons. The molecule has 0 amide bonds. The lowest BCUT2D eigenvalue weighted by Gasteiger charge is -2.04. The van der Waals surface area contributed by atoms with Crippen molar-refractivity contribution >= 4 is 0 Å². The van der Waals surface area contributed by atoms with Crippen molar-refractivity contribution in [3.05, 3.63) is 23.0 Å². The molecule has 16 heavy (non-hydrogen) atoms. The zero-order chi connectivity index (χ0) is 12.0. The number of unbranched alkanes of at least 4 members (excludes halogenated alkanes) is 1. The lowest BCUT2D eigenvalue weighted by Crippen LogP contribution is -2.14. The van der Waals surface area contributed by atoms with Gasteiger partial charge in [0, 0.05) is 25.7 Å². The molecule has 0 unspecified atom stereocenters. The van der Waals surface area contributed by atoms with Gasteiger partial charge in [0.15, 0.2) is 0 Å². The fourth-order valence-electron chi connectivity index (χ4n) is 1.59. The fourth-order valence-corrected chi connectivity index (χ4v) is 1.59. The van der Waals surface area contributed by atoms with E-state index in [-0.39, 0.29) is 0 Å². The second-order valence-electron chi connectivity index (χ2n) is 3.80. The average Bonchev–Trinajstić information content (AvgIpc) is 2.56. The Labute approximate surface area is 97.1 Å². The van der Waals surface area contributed by atoms with E-state index in [0.717, 1.165) is 31.6 Å². The van der Waals surface area contributed by atoms with E-state index in [4.69, 9.17) is 11.7 Å². The summed E-state index contributed by atoms with van der Waals surface area (Å²) < 4.78 is 1.92. The third-order valence-corrected chi connectivity index (χ3v) is 2.74. The molecule has 0 saturated carbocycles. The minimum absolute atomic E-state index is 0.706. The number of nitriles is 1. The van der Waals surface area contributed by atoms with Gasteiger partial charge in [-0.05, 0) is 31.5 Å². The predicted molar refractivity (Wildman–Crippen MR) is 64.6 cm³/mol. The molecule has 0 radical (unpaired) electrons. The summed E-state index contributed by atoms with van der Waals surface area (Å²) >= 11 is 0. The van der Waals surface area contributed by atoms with Crippen molar-refractivity contribution in [1.82, 2.24) is 9.88 Å². The average molecular weight is 215 g/mol. The van der Waals surface area contributed by atoms with Gasteiger partial charge in [0.05, 0.1) is 0 Å². The maximum absolute atomic E-state index is 8.88. The van der Waals surface area contributed by atoms with E-state index in [0.29, 0.717) is 5.69 Å². The van der Waals surface area contributed by atoms with Gasteiger partial charge in [0.2, 0.25) is 0 Å². The highest BCUT2D eigenvalue weighted by Gasteiger charge is 2.07. The van der Waals surface area contributed by atoms with Gasteiger partial charge < -0.3 is 9.88 Å². The molecule has 0 fully saturated rings. The van der Waals surface area contributed by atoms with Crippen molar-refractivity contribution in [2.45, 2.75) is 26.3 Å². The van der Waals surface area contributed by atoms with Crippen LogP contribution >= 0.6 is 0 Å². The van der Waals surface area contributed by atoms with Crippen LogP contribution in [0, 0.1) is 30.6 Å². The van der Waals surface area contributed by atoms with E-state index in [1.807, 2.05) is 24.6 Å². The van der Waals surface area contributed by atoms with Gasteiger partial charge in [-0.2, -0.15) is 5.26 Å². The molecule has 0 aliphatic rings. The summed E-state index contributed by atoms with van der Waals surface area (Å²) in [5, 5.41) is 12.2. The smallest absolute Gasteiger partial charge is 0.120 e. The van der Waals surface area contributed by atoms with Crippen LogP contribution < -0.4 is 5.32 Å². The minimum Gasteiger partial charge on any atom is -0.340 e. The number of hydrogen-bond donors (Lipinski definition) is 1. The molecule has 0 aliphatic carbocycles. The number of terminal acetylenes is 1. The van der Waals surface area contributed by atoms with Crippen LogP contribution in [0.5, 0.6) is 0 Å². The van der Waals surface area contributed by atoms with Gasteiger partial charge in [-0.3, -0.25) is 0 Å². The molecule has 0 spiro atoms. The molecule has 1 heterocycles. The van der Waals surface area contributed by atoms with Crippen molar-refractivity contribution in [1.29, 1.82) is 5.26 Å². The van der Waals surface area contributed by atoms with Crippen LogP contribution in [0.1, 0.15) is 29.8 Å². The standard InChI is InChI=1S/C13H17N3/c1-4-5-6-7-15-10-12-8-13(9-14)16(3)11(12)2/h1,8,15H,5-7,10H2,2-3H3. The van der Waals surface area contributed by atoms with E-state index >= 15 is 0 Å². The normalized spacial score (nSPS) is 9.75. The SMILES string of the molecule is C#CCCCNCc1cc(C#N)n(C)c1C. The maximum Gasteiger partial charge on any atom is 0.120 e. The molecule has 0 atom stereocenters. The first-order chi connectivity index (χ1) is 7.70. The van der Waals surface area contributed by atoms with Crippen LogP contribution in [0.4, 0.5) is 0 Å². The first-order valence-corrected chi connectivity index (χ1v) is 5.40. The van der Waals surface area contributed by atoms with Crippen LogP contribution in [-0.2, 0) is 13.6 Å². The van der Waals surface area contributed by atoms with Gasteiger partial charge in [0.1, 0.15) is 11.8 Å². The van der Waals surface area contributed by atoms with E-state index < -0.39 is 0 Å². The van der Waals surface area contributed by atoms with Crippen molar-refractivity contribution in [2.24, 2.45) is 7.05 Å². The molecule has 1 aromatic rings. The number of nitrogens with zero attached hydrogens (tertiary/aromatic N) is 2. The van der Waals surface area contributed by atoms with Gasteiger partial charge in [-0.15, -0.1) is 12.3 Å². The van der Waals surface area contributed by atoms with Crippen molar-refractivity contribution in [3.63, 3.8) is 0 Å². The molecule has 1 rings (SSSR count). The quantitative estimate of drug-likeness (QED) is 0.600. The topological polar surface area (TPSA) is 40.8 Å². The van der Waals surface area contributed by atoms with Crippen LogP contribution in [0.2, 0.25) is 0 Å². The zero-order valence-corrected chi connectivity index (χ0v) is 9.88. The van der Waals surface area contributed by atoms with Crippen molar-refractivity contribution in [2.75, 3.05) is 6.54 Å². The van der Waals surface area contributed by atoms with Gasteiger partial charge in [0.25, 0.3) is 0 Å². The number of rotatable bonds is 5. The first kappa shape index (κ1) is 12.4. The van der Waals surface area contributed by atoms with Crippen LogP contribution in [-0.4, -0.2) is 11.1 Å². The summed E-state index contributed by atoms with van der Waals surface area (Å²) in [7, 11) is 1.91. The molecule has 0 aliphatic heterocycles. The zero-order valence-electron chi connectivity index (χ0n) is 9.88. The lowest BCUT2D eigenvalue weighted by atomic mass is 10.2. The summed E-state index contributed by atoms with van der Waals surface area (Å²) in [6.45, 7) is 3.74. The highest BCUT2D eigenvalue weighted by molar-refractivity contribution is 5.33. The Kier molecular flexibility index (Phi) is 4.64. The largest absolute Gasteiger partial charge is 0.340 e. The summed E-state index contributed by atoms with van der Waals surface area (Å²) in [4.78, 5) is 0. The Balaban J connectivity index is 2.49. The lowest BCUT2D eigenvalue weighted by molar-refractivity contribution is 0.655. The molecule has 0 bridgehead atoms. The second-order valence-corrected chi connectivity index (χ2v) is 3.80. The molecule has 3 heteroatoms. The monoisotopic (exact) mass is 215 g/mol. The molecule has 0 aromatic carbocycles. The van der Waals surface area contributed by atoms with Crippen molar-refractivity contribution < 1.29 is 0 Å². The Morgan fingerprint density at radius 1 is 1.56 bits per heavy atom. The third kappa shape index (κ3) is 2.89. The van der Waals surface area contributed by atoms with E-state index in [1.165, 1.54) is 5.56 Å².